The molecule has 8 nitrogen and oxygen atoms in total. The molecule has 0 saturated carbocycles. The number of halogens is 1. The minimum absolute atomic E-state index is 0.266. The third-order valence-electron chi connectivity index (χ3n) is 5.49. The van der Waals surface area contributed by atoms with Crippen molar-refractivity contribution in [2.24, 2.45) is 0 Å². The van der Waals surface area contributed by atoms with E-state index in [1.54, 1.807) is 26.1 Å². The second-order valence-electron chi connectivity index (χ2n) is 8.14. The van der Waals surface area contributed by atoms with Crippen LogP contribution in [0.15, 0.2) is 83.5 Å². The van der Waals surface area contributed by atoms with Crippen LogP contribution in [0.5, 0.6) is 11.5 Å². The maximum Gasteiger partial charge on any atom is 0.324 e. The summed E-state index contributed by atoms with van der Waals surface area (Å²) in [6, 6.07) is 22.7. The normalized spacial score (nSPS) is 11.2. The fourth-order valence-corrected chi connectivity index (χ4v) is 3.97. The molecule has 0 aliphatic rings. The van der Waals surface area contributed by atoms with Crippen LogP contribution in [0.2, 0.25) is 5.02 Å². The molecule has 0 aliphatic carbocycles. The highest BCUT2D eigenvalue weighted by atomic mass is 35.5. The van der Waals surface area contributed by atoms with Gasteiger partial charge in [0.15, 0.2) is 0 Å². The van der Waals surface area contributed by atoms with Crippen molar-refractivity contribution in [2.45, 2.75) is 19.9 Å². The molecule has 2 aromatic heterocycles. The van der Waals surface area contributed by atoms with Gasteiger partial charge in [-0.25, -0.2) is 0 Å². The largest absolute Gasteiger partial charge is 0.456 e. The number of benzene rings is 3. The molecule has 0 unspecified atom stereocenters. The number of hydrogen-bond acceptors (Lipinski definition) is 7. The number of aromatic nitrogens is 3. The molecule has 0 atom stereocenters. The Kier molecular flexibility index (Phi) is 6.71. The molecule has 3 aromatic carbocycles. The highest BCUT2D eigenvalue weighted by molar-refractivity contribution is 6.32. The first-order valence-electron chi connectivity index (χ1n) is 11.4. The molecule has 0 fully saturated rings. The number of ether oxygens (including phenoxy) is 1. The lowest BCUT2D eigenvalue weighted by atomic mass is 10.1. The first-order valence-corrected chi connectivity index (χ1v) is 11.8. The van der Waals surface area contributed by atoms with E-state index >= 15 is 0 Å². The zero-order valence-electron chi connectivity index (χ0n) is 19.7. The number of hydrogen-bond donors (Lipinski definition) is 0. The van der Waals surface area contributed by atoms with Crippen LogP contribution in [0.4, 0.5) is 0 Å². The van der Waals surface area contributed by atoms with Gasteiger partial charge in [-0.2, -0.15) is 4.98 Å². The van der Waals surface area contributed by atoms with Crippen molar-refractivity contribution in [3.8, 4) is 28.9 Å². The molecule has 0 saturated heterocycles. The number of para-hydroxylation sites is 1. The van der Waals surface area contributed by atoms with Crippen molar-refractivity contribution in [1.82, 2.24) is 19.8 Å². The molecule has 0 bridgehead atoms. The Morgan fingerprint density at radius 2 is 1.92 bits per heavy atom. The summed E-state index contributed by atoms with van der Waals surface area (Å²) in [5, 5.41) is 7.11. The molecule has 0 radical (unpaired) electrons. The summed E-state index contributed by atoms with van der Waals surface area (Å²) >= 11 is 6.45. The molecular weight excluding hydrogens is 480 g/mol. The van der Waals surface area contributed by atoms with E-state index in [4.69, 9.17) is 25.7 Å². The van der Waals surface area contributed by atoms with E-state index < -0.39 is 0 Å². The molecule has 5 rings (SSSR count). The topological polar surface area (TPSA) is 82.6 Å². The second kappa shape index (κ2) is 10.2. The average Bonchev–Trinajstić information content (AvgIpc) is 3.53. The molecule has 36 heavy (non-hydrogen) atoms. The summed E-state index contributed by atoms with van der Waals surface area (Å²) in [6.45, 7) is 2.24. The highest BCUT2D eigenvalue weighted by Gasteiger charge is 2.15. The van der Waals surface area contributed by atoms with Gasteiger partial charge in [-0.05, 0) is 59.3 Å². The zero-order valence-corrected chi connectivity index (χ0v) is 20.5. The van der Waals surface area contributed by atoms with Gasteiger partial charge in [0.2, 0.25) is 0 Å². The molecule has 0 N–H and O–H groups in total. The van der Waals surface area contributed by atoms with Gasteiger partial charge in [0.1, 0.15) is 11.5 Å². The van der Waals surface area contributed by atoms with Gasteiger partial charge in [-0.3, -0.25) is 9.36 Å². The quantitative estimate of drug-likeness (QED) is 0.226. The summed E-state index contributed by atoms with van der Waals surface area (Å²) in [6.07, 6.45) is 2.21. The number of carbonyl (C=O) groups is 1. The minimum atomic E-state index is -0.266. The molecule has 0 aliphatic heterocycles. The monoisotopic (exact) mass is 502 g/mol. The van der Waals surface area contributed by atoms with Gasteiger partial charge in [0.05, 0.1) is 17.1 Å². The molecule has 9 heteroatoms. The molecule has 182 valence electrons. The van der Waals surface area contributed by atoms with Crippen LogP contribution in [0, 0.1) is 0 Å². The highest BCUT2D eigenvalue weighted by Crippen LogP contribution is 2.33. The standard InChI is InChI=1S/C27H23ClN4O4/c1-3-25(33)36-31(2)17-18-9-11-23-19(15-18)13-14-32(23)27-29-26(35-30-27)20-10-12-24(22(28)16-20)34-21-7-5-4-6-8-21/h4-16H,3,17H2,1-2H3. The number of fused-ring (bicyclic) bond motifs is 1. The fourth-order valence-electron chi connectivity index (χ4n) is 3.76. The van der Waals surface area contributed by atoms with Crippen molar-refractivity contribution in [3.05, 3.63) is 89.6 Å². The van der Waals surface area contributed by atoms with Crippen LogP contribution in [-0.2, 0) is 16.2 Å². The second-order valence-corrected chi connectivity index (χ2v) is 8.55. The third kappa shape index (κ3) is 5.10. The lowest BCUT2D eigenvalue weighted by Gasteiger charge is -2.15. The van der Waals surface area contributed by atoms with Gasteiger partial charge in [0, 0.05) is 30.6 Å². The van der Waals surface area contributed by atoms with Crippen LogP contribution in [0.3, 0.4) is 0 Å². The summed E-state index contributed by atoms with van der Waals surface area (Å²) < 4.78 is 13.2. The summed E-state index contributed by atoms with van der Waals surface area (Å²) in [7, 11) is 1.73. The van der Waals surface area contributed by atoms with Crippen molar-refractivity contribution >= 4 is 28.5 Å². The fraction of sp³-hybridized carbons (Fsp3) is 0.148. The van der Waals surface area contributed by atoms with Gasteiger partial charge >= 0.3 is 5.97 Å². The summed E-state index contributed by atoms with van der Waals surface area (Å²) in [4.78, 5) is 21.3. The lowest BCUT2D eigenvalue weighted by molar-refractivity contribution is -0.186. The minimum Gasteiger partial charge on any atom is -0.456 e. The molecular formula is C27H23ClN4O4. The van der Waals surface area contributed by atoms with Crippen molar-refractivity contribution in [1.29, 1.82) is 0 Å². The number of hydroxylamine groups is 2. The van der Waals surface area contributed by atoms with Crippen LogP contribution >= 0.6 is 11.6 Å². The van der Waals surface area contributed by atoms with Crippen LogP contribution in [-0.4, -0.2) is 32.8 Å². The third-order valence-corrected chi connectivity index (χ3v) is 5.78. The smallest absolute Gasteiger partial charge is 0.324 e. The lowest BCUT2D eigenvalue weighted by Crippen LogP contribution is -2.22. The van der Waals surface area contributed by atoms with Gasteiger partial charge in [-0.1, -0.05) is 42.8 Å². The van der Waals surface area contributed by atoms with Crippen molar-refractivity contribution in [2.75, 3.05) is 7.05 Å². The Morgan fingerprint density at radius 1 is 1.08 bits per heavy atom. The maximum atomic E-state index is 11.5. The Bertz CT molecular complexity index is 1510. The van der Waals surface area contributed by atoms with E-state index in [1.165, 1.54) is 5.06 Å². The van der Waals surface area contributed by atoms with E-state index in [9.17, 15) is 4.79 Å². The van der Waals surface area contributed by atoms with Gasteiger partial charge < -0.3 is 14.1 Å². The summed E-state index contributed by atoms with van der Waals surface area (Å²) in [5.74, 6) is 1.72. The molecule has 0 spiro atoms. The predicted octanol–water partition coefficient (Wildman–Crippen LogP) is 6.43. The maximum absolute atomic E-state index is 11.5. The first-order chi connectivity index (χ1) is 17.5. The summed E-state index contributed by atoms with van der Waals surface area (Å²) in [5.41, 5.74) is 2.61. The first kappa shape index (κ1) is 23.6. The van der Waals surface area contributed by atoms with Crippen LogP contribution in [0.25, 0.3) is 28.3 Å². The Hall–Kier alpha value is -4.14. The van der Waals surface area contributed by atoms with Crippen molar-refractivity contribution < 1.29 is 18.9 Å². The number of carbonyl (C=O) groups excluding carboxylic acids is 1. The van der Waals surface area contributed by atoms with Gasteiger partial charge in [-0.15, -0.1) is 5.06 Å². The van der Waals surface area contributed by atoms with E-state index in [1.807, 2.05) is 71.4 Å². The Balaban J connectivity index is 1.34. The number of nitrogens with zero attached hydrogens (tertiary/aromatic N) is 4. The van der Waals surface area contributed by atoms with E-state index in [-0.39, 0.29) is 5.97 Å². The van der Waals surface area contributed by atoms with Crippen LogP contribution in [0.1, 0.15) is 18.9 Å². The Labute approximate surface area is 212 Å². The molecule has 5 aromatic rings. The van der Waals surface area contributed by atoms with Crippen molar-refractivity contribution in [3.63, 3.8) is 0 Å². The van der Waals surface area contributed by atoms with E-state index in [2.05, 4.69) is 10.1 Å². The molecule has 2 heterocycles. The van der Waals surface area contributed by atoms with E-state index in [0.29, 0.717) is 46.9 Å². The average molecular weight is 503 g/mol. The number of rotatable bonds is 8. The van der Waals surface area contributed by atoms with Crippen LogP contribution < -0.4 is 4.74 Å². The molecule has 0 amide bonds. The SMILES string of the molecule is CCC(=O)ON(C)Cc1ccc2c(ccn2-c2noc(-c3ccc(Oc4ccccc4)c(Cl)c3)n2)c1. The predicted molar refractivity (Wildman–Crippen MR) is 136 cm³/mol. The van der Waals surface area contributed by atoms with E-state index in [0.717, 1.165) is 16.5 Å². The Morgan fingerprint density at radius 3 is 2.69 bits per heavy atom. The zero-order chi connectivity index (χ0) is 25.1. The van der Waals surface area contributed by atoms with Gasteiger partial charge in [0.25, 0.3) is 11.8 Å².